The number of para-hydroxylation sites is 1. The summed E-state index contributed by atoms with van der Waals surface area (Å²) in [6, 6.07) is 10.4. The number of hydrogen-bond acceptors (Lipinski definition) is 3. The number of imidazole rings is 1. The molecule has 0 aliphatic heterocycles. The average Bonchev–Trinajstić information content (AvgIpc) is 3.22. The van der Waals surface area contributed by atoms with Gasteiger partial charge in [0.25, 0.3) is 0 Å². The average molecular weight is 323 g/mol. The summed E-state index contributed by atoms with van der Waals surface area (Å²) in [7, 11) is 0. The van der Waals surface area contributed by atoms with Crippen LogP contribution in [0.15, 0.2) is 55.1 Å². The van der Waals surface area contributed by atoms with E-state index in [0.717, 1.165) is 18.1 Å². The van der Waals surface area contributed by atoms with Crippen LogP contribution in [0.1, 0.15) is 45.1 Å². The molecule has 3 aromatic rings. The molecule has 0 fully saturated rings. The van der Waals surface area contributed by atoms with Crippen LogP contribution < -0.4 is 5.32 Å². The van der Waals surface area contributed by atoms with Gasteiger partial charge < -0.3 is 9.88 Å². The minimum Gasteiger partial charge on any atom is -0.303 e. The van der Waals surface area contributed by atoms with Crippen molar-refractivity contribution in [1.82, 2.24) is 24.6 Å². The summed E-state index contributed by atoms with van der Waals surface area (Å²) in [6.45, 7) is 9.35. The molecule has 0 saturated heterocycles. The van der Waals surface area contributed by atoms with Crippen molar-refractivity contribution < 1.29 is 0 Å². The lowest BCUT2D eigenvalue weighted by molar-refractivity contribution is 0.355. The van der Waals surface area contributed by atoms with E-state index in [1.54, 1.807) is 0 Å². The Balaban J connectivity index is 1.69. The van der Waals surface area contributed by atoms with Gasteiger partial charge in [-0.05, 0) is 39.8 Å². The predicted molar refractivity (Wildman–Crippen MR) is 96.0 cm³/mol. The van der Waals surface area contributed by atoms with Crippen LogP contribution in [0.2, 0.25) is 0 Å². The van der Waals surface area contributed by atoms with Crippen LogP contribution >= 0.6 is 0 Å². The number of rotatable bonds is 5. The minimum absolute atomic E-state index is 0.00737. The van der Waals surface area contributed by atoms with Crippen molar-refractivity contribution in [1.29, 1.82) is 0 Å². The fourth-order valence-corrected chi connectivity index (χ4v) is 2.62. The molecule has 1 unspecified atom stereocenters. The topological polar surface area (TPSA) is 47.7 Å². The molecule has 24 heavy (non-hydrogen) atoms. The Hall–Kier alpha value is -2.40. The fourth-order valence-electron chi connectivity index (χ4n) is 2.62. The van der Waals surface area contributed by atoms with Crippen molar-refractivity contribution in [2.24, 2.45) is 0 Å². The van der Waals surface area contributed by atoms with Crippen LogP contribution in [0, 0.1) is 0 Å². The largest absolute Gasteiger partial charge is 0.303 e. The standard InChI is InChI=1S/C19H25N5/c1-15(21-12-16-13-22-24(14-16)19(2,3)4)18-20-10-11-23(18)17-8-6-5-7-9-17/h5-11,13-15,21H,12H2,1-4H3. The Bertz CT molecular complexity index is 779. The summed E-state index contributed by atoms with van der Waals surface area (Å²) in [5.41, 5.74) is 2.31. The zero-order valence-electron chi connectivity index (χ0n) is 14.8. The molecule has 0 aliphatic carbocycles. The third-order valence-corrected chi connectivity index (χ3v) is 4.03. The summed E-state index contributed by atoms with van der Waals surface area (Å²) < 4.78 is 4.12. The van der Waals surface area contributed by atoms with Crippen LogP contribution in [-0.4, -0.2) is 19.3 Å². The van der Waals surface area contributed by atoms with Gasteiger partial charge in [-0.2, -0.15) is 5.10 Å². The number of benzene rings is 1. The maximum atomic E-state index is 4.53. The molecule has 0 saturated carbocycles. The Morgan fingerprint density at radius 1 is 1.17 bits per heavy atom. The maximum absolute atomic E-state index is 4.53. The van der Waals surface area contributed by atoms with Crippen LogP contribution in [0.4, 0.5) is 0 Å². The summed E-state index contributed by atoms with van der Waals surface area (Å²) in [5, 5.41) is 7.99. The number of nitrogens with zero attached hydrogens (tertiary/aromatic N) is 4. The lowest BCUT2D eigenvalue weighted by Gasteiger charge is -2.19. The lowest BCUT2D eigenvalue weighted by Crippen LogP contribution is -2.23. The van der Waals surface area contributed by atoms with Crippen molar-refractivity contribution in [3.8, 4) is 5.69 Å². The molecule has 2 heterocycles. The zero-order chi connectivity index (χ0) is 17.2. The van der Waals surface area contributed by atoms with Crippen molar-refractivity contribution in [2.45, 2.75) is 45.8 Å². The highest BCUT2D eigenvalue weighted by molar-refractivity contribution is 5.33. The van der Waals surface area contributed by atoms with Gasteiger partial charge >= 0.3 is 0 Å². The van der Waals surface area contributed by atoms with E-state index in [4.69, 9.17) is 0 Å². The molecule has 1 atom stereocenters. The van der Waals surface area contributed by atoms with Gasteiger partial charge in [-0.3, -0.25) is 4.68 Å². The highest BCUT2D eigenvalue weighted by Gasteiger charge is 2.16. The molecule has 1 aromatic carbocycles. The monoisotopic (exact) mass is 323 g/mol. The third kappa shape index (κ3) is 3.57. The molecule has 3 rings (SSSR count). The van der Waals surface area contributed by atoms with Crippen LogP contribution in [0.3, 0.4) is 0 Å². The van der Waals surface area contributed by atoms with E-state index < -0.39 is 0 Å². The van der Waals surface area contributed by atoms with E-state index >= 15 is 0 Å². The van der Waals surface area contributed by atoms with Gasteiger partial charge in [0.05, 0.1) is 17.8 Å². The van der Waals surface area contributed by atoms with Crippen LogP contribution in [-0.2, 0) is 12.1 Å². The van der Waals surface area contributed by atoms with Gasteiger partial charge in [0.2, 0.25) is 0 Å². The predicted octanol–water partition coefficient (Wildman–Crippen LogP) is 3.67. The molecule has 5 nitrogen and oxygen atoms in total. The Morgan fingerprint density at radius 3 is 2.58 bits per heavy atom. The number of aromatic nitrogens is 4. The van der Waals surface area contributed by atoms with E-state index in [1.807, 2.05) is 41.5 Å². The van der Waals surface area contributed by atoms with E-state index in [2.05, 4.69) is 66.0 Å². The first-order valence-corrected chi connectivity index (χ1v) is 8.31. The SMILES string of the molecule is CC(NCc1cnn(C(C)(C)C)c1)c1nccn1-c1ccccc1. The molecule has 126 valence electrons. The minimum atomic E-state index is 0.00737. The first-order chi connectivity index (χ1) is 11.4. The first kappa shape index (κ1) is 16.5. The van der Waals surface area contributed by atoms with Gasteiger partial charge in [0.1, 0.15) is 5.82 Å². The second-order valence-electron chi connectivity index (χ2n) is 7.06. The number of nitrogens with one attached hydrogen (secondary N) is 1. The van der Waals surface area contributed by atoms with Crippen LogP contribution in [0.5, 0.6) is 0 Å². The van der Waals surface area contributed by atoms with Gasteiger partial charge in [-0.1, -0.05) is 18.2 Å². The highest BCUT2D eigenvalue weighted by Crippen LogP contribution is 2.17. The van der Waals surface area contributed by atoms with Crippen molar-refractivity contribution >= 4 is 0 Å². The molecular formula is C19H25N5. The molecule has 0 spiro atoms. The lowest BCUT2D eigenvalue weighted by atomic mass is 10.1. The van der Waals surface area contributed by atoms with E-state index in [0.29, 0.717) is 0 Å². The Kier molecular flexibility index (Phi) is 4.53. The van der Waals surface area contributed by atoms with Gasteiger partial charge in [0.15, 0.2) is 0 Å². The zero-order valence-corrected chi connectivity index (χ0v) is 14.8. The van der Waals surface area contributed by atoms with Crippen molar-refractivity contribution in [3.05, 3.63) is 66.5 Å². The van der Waals surface area contributed by atoms with Crippen LogP contribution in [0.25, 0.3) is 5.69 Å². The van der Waals surface area contributed by atoms with Gasteiger partial charge in [-0.25, -0.2) is 4.98 Å². The smallest absolute Gasteiger partial charge is 0.130 e. The van der Waals surface area contributed by atoms with Gasteiger partial charge in [-0.15, -0.1) is 0 Å². The van der Waals surface area contributed by atoms with Gasteiger partial charge in [0, 0.05) is 36.4 Å². The third-order valence-electron chi connectivity index (χ3n) is 4.03. The molecule has 0 bridgehead atoms. The van der Waals surface area contributed by atoms with E-state index in [-0.39, 0.29) is 11.6 Å². The second-order valence-corrected chi connectivity index (χ2v) is 7.06. The fraction of sp³-hybridized carbons (Fsp3) is 0.368. The van der Waals surface area contributed by atoms with Crippen molar-refractivity contribution in [3.63, 3.8) is 0 Å². The summed E-state index contributed by atoms with van der Waals surface area (Å²) in [6.07, 6.45) is 7.87. The molecule has 0 radical (unpaired) electrons. The second kappa shape index (κ2) is 6.61. The van der Waals surface area contributed by atoms with E-state index in [1.165, 1.54) is 5.56 Å². The van der Waals surface area contributed by atoms with Crippen molar-refractivity contribution in [2.75, 3.05) is 0 Å². The normalized spacial score (nSPS) is 13.2. The first-order valence-electron chi connectivity index (χ1n) is 8.31. The Morgan fingerprint density at radius 2 is 1.92 bits per heavy atom. The summed E-state index contributed by atoms with van der Waals surface area (Å²) in [4.78, 5) is 4.53. The molecule has 0 aliphatic rings. The molecule has 1 N–H and O–H groups in total. The Labute approximate surface area is 143 Å². The molecule has 0 amide bonds. The highest BCUT2D eigenvalue weighted by atomic mass is 15.3. The maximum Gasteiger partial charge on any atom is 0.130 e. The molecule has 2 aromatic heterocycles. The summed E-state index contributed by atoms with van der Waals surface area (Å²) >= 11 is 0. The quantitative estimate of drug-likeness (QED) is 0.779. The molecular weight excluding hydrogens is 298 g/mol. The molecule has 5 heteroatoms. The number of hydrogen-bond donors (Lipinski definition) is 1. The summed E-state index contributed by atoms with van der Waals surface area (Å²) in [5.74, 6) is 1.00. The van der Waals surface area contributed by atoms with E-state index in [9.17, 15) is 0 Å².